The standard InChI is InChI=1S/C18H26N2O/c1-20(2)17-7-4-13(5-8-17)12-19-18(21)11-16-10-14-3-6-15(16)9-14/h4-5,7-8,14-16H,3,6,9-12H2,1-2H3,(H,19,21)/t14-,15-,16+/m1/s1. The zero-order chi connectivity index (χ0) is 14.8. The summed E-state index contributed by atoms with van der Waals surface area (Å²) in [7, 11) is 4.07. The second kappa shape index (κ2) is 6.08. The van der Waals surface area contributed by atoms with Crippen molar-refractivity contribution in [1.29, 1.82) is 0 Å². The molecule has 1 aromatic rings. The molecule has 1 N–H and O–H groups in total. The number of benzene rings is 1. The van der Waals surface area contributed by atoms with E-state index in [1.165, 1.54) is 36.9 Å². The van der Waals surface area contributed by atoms with Crippen LogP contribution in [-0.4, -0.2) is 20.0 Å². The molecule has 3 atom stereocenters. The van der Waals surface area contributed by atoms with Gasteiger partial charge in [0.05, 0.1) is 0 Å². The summed E-state index contributed by atoms with van der Waals surface area (Å²) in [6, 6.07) is 8.37. The van der Waals surface area contributed by atoms with Gasteiger partial charge in [0.1, 0.15) is 0 Å². The normalized spacial score (nSPS) is 26.9. The molecule has 2 bridgehead atoms. The molecule has 1 aromatic carbocycles. The van der Waals surface area contributed by atoms with Gasteiger partial charge in [-0.1, -0.05) is 18.6 Å². The maximum absolute atomic E-state index is 12.1. The summed E-state index contributed by atoms with van der Waals surface area (Å²) in [5.41, 5.74) is 2.36. The Labute approximate surface area is 127 Å². The minimum Gasteiger partial charge on any atom is -0.378 e. The zero-order valence-corrected chi connectivity index (χ0v) is 13.1. The molecule has 0 aliphatic heterocycles. The van der Waals surface area contributed by atoms with Gasteiger partial charge in [0.15, 0.2) is 0 Å². The van der Waals surface area contributed by atoms with Crippen LogP contribution >= 0.6 is 0 Å². The number of amides is 1. The number of carbonyl (C=O) groups is 1. The van der Waals surface area contributed by atoms with Gasteiger partial charge in [-0.15, -0.1) is 0 Å². The molecule has 3 rings (SSSR count). The summed E-state index contributed by atoms with van der Waals surface area (Å²) in [6.07, 6.45) is 6.16. The van der Waals surface area contributed by atoms with Gasteiger partial charge in [-0.3, -0.25) is 4.79 Å². The predicted molar refractivity (Wildman–Crippen MR) is 86.2 cm³/mol. The molecule has 3 heteroatoms. The number of rotatable bonds is 5. The van der Waals surface area contributed by atoms with Crippen molar-refractivity contribution < 1.29 is 4.79 Å². The van der Waals surface area contributed by atoms with Crippen LogP contribution in [0.1, 0.15) is 37.7 Å². The van der Waals surface area contributed by atoms with E-state index >= 15 is 0 Å². The largest absolute Gasteiger partial charge is 0.378 e. The molecule has 0 saturated heterocycles. The highest BCUT2D eigenvalue weighted by Crippen LogP contribution is 2.49. The summed E-state index contributed by atoms with van der Waals surface area (Å²) in [5.74, 6) is 2.63. The first-order valence-corrected chi connectivity index (χ1v) is 8.15. The van der Waals surface area contributed by atoms with Crippen molar-refractivity contribution in [3.8, 4) is 0 Å². The Hall–Kier alpha value is -1.51. The molecular weight excluding hydrogens is 260 g/mol. The summed E-state index contributed by atoms with van der Waals surface area (Å²) < 4.78 is 0. The average molecular weight is 286 g/mol. The van der Waals surface area contributed by atoms with E-state index in [-0.39, 0.29) is 5.91 Å². The highest BCUT2D eigenvalue weighted by molar-refractivity contribution is 5.76. The summed E-state index contributed by atoms with van der Waals surface area (Å²) in [5, 5.41) is 3.08. The molecule has 114 valence electrons. The van der Waals surface area contributed by atoms with Crippen LogP contribution in [0.2, 0.25) is 0 Å². The fourth-order valence-corrected chi connectivity index (χ4v) is 4.05. The Bertz CT molecular complexity index is 494. The number of carbonyl (C=O) groups excluding carboxylic acids is 1. The average Bonchev–Trinajstić information content (AvgIpc) is 3.08. The van der Waals surface area contributed by atoms with Crippen molar-refractivity contribution in [3.63, 3.8) is 0 Å². The Balaban J connectivity index is 1.45. The number of nitrogens with zero attached hydrogens (tertiary/aromatic N) is 1. The third-order valence-corrected chi connectivity index (χ3v) is 5.27. The van der Waals surface area contributed by atoms with Gasteiger partial charge in [0, 0.05) is 32.7 Å². The third-order valence-electron chi connectivity index (χ3n) is 5.27. The molecule has 21 heavy (non-hydrogen) atoms. The van der Waals surface area contributed by atoms with Gasteiger partial charge >= 0.3 is 0 Å². The molecule has 2 aliphatic rings. The van der Waals surface area contributed by atoms with E-state index in [4.69, 9.17) is 0 Å². The smallest absolute Gasteiger partial charge is 0.220 e. The van der Waals surface area contributed by atoms with Crippen LogP contribution in [-0.2, 0) is 11.3 Å². The van der Waals surface area contributed by atoms with E-state index < -0.39 is 0 Å². The van der Waals surface area contributed by atoms with Crippen LogP contribution in [0.25, 0.3) is 0 Å². The fraction of sp³-hybridized carbons (Fsp3) is 0.611. The first kappa shape index (κ1) is 14.4. The minimum absolute atomic E-state index is 0.226. The molecule has 0 spiro atoms. The van der Waals surface area contributed by atoms with Crippen molar-refractivity contribution in [2.24, 2.45) is 17.8 Å². The number of hydrogen-bond donors (Lipinski definition) is 1. The molecular formula is C18H26N2O. The number of hydrogen-bond acceptors (Lipinski definition) is 2. The Morgan fingerprint density at radius 1 is 1.19 bits per heavy atom. The molecule has 0 radical (unpaired) electrons. The first-order chi connectivity index (χ1) is 10.1. The molecule has 2 saturated carbocycles. The Morgan fingerprint density at radius 3 is 2.52 bits per heavy atom. The monoisotopic (exact) mass is 286 g/mol. The summed E-state index contributed by atoms with van der Waals surface area (Å²) in [6.45, 7) is 0.646. The lowest BCUT2D eigenvalue weighted by Crippen LogP contribution is -2.26. The Kier molecular flexibility index (Phi) is 4.18. The van der Waals surface area contributed by atoms with Crippen LogP contribution in [0.5, 0.6) is 0 Å². The number of fused-ring (bicyclic) bond motifs is 2. The topological polar surface area (TPSA) is 32.3 Å². The fourth-order valence-electron chi connectivity index (χ4n) is 4.05. The van der Waals surface area contributed by atoms with Gasteiger partial charge < -0.3 is 10.2 Å². The van der Waals surface area contributed by atoms with E-state index in [1.807, 2.05) is 14.1 Å². The lowest BCUT2D eigenvalue weighted by molar-refractivity contribution is -0.122. The maximum atomic E-state index is 12.1. The highest BCUT2D eigenvalue weighted by Gasteiger charge is 2.39. The summed E-state index contributed by atoms with van der Waals surface area (Å²) in [4.78, 5) is 14.2. The van der Waals surface area contributed by atoms with Gasteiger partial charge in [-0.2, -0.15) is 0 Å². The van der Waals surface area contributed by atoms with Gasteiger partial charge in [-0.25, -0.2) is 0 Å². The van der Waals surface area contributed by atoms with E-state index in [2.05, 4.69) is 34.5 Å². The van der Waals surface area contributed by atoms with Crippen LogP contribution < -0.4 is 10.2 Å². The molecule has 2 fully saturated rings. The van der Waals surface area contributed by atoms with Gasteiger partial charge in [-0.05, 0) is 54.7 Å². The first-order valence-electron chi connectivity index (χ1n) is 8.15. The van der Waals surface area contributed by atoms with E-state index in [1.54, 1.807) is 0 Å². The quantitative estimate of drug-likeness (QED) is 0.901. The Morgan fingerprint density at radius 2 is 1.95 bits per heavy atom. The van der Waals surface area contributed by atoms with E-state index in [0.717, 1.165) is 18.3 Å². The minimum atomic E-state index is 0.226. The third kappa shape index (κ3) is 3.39. The second-order valence-electron chi connectivity index (χ2n) is 6.98. The summed E-state index contributed by atoms with van der Waals surface area (Å²) >= 11 is 0. The van der Waals surface area contributed by atoms with Crippen LogP contribution in [0.3, 0.4) is 0 Å². The molecule has 0 unspecified atom stereocenters. The van der Waals surface area contributed by atoms with Crippen molar-refractivity contribution in [1.82, 2.24) is 5.32 Å². The SMILES string of the molecule is CN(C)c1ccc(CNC(=O)C[C@@H]2C[C@@H]3CC[C@@H]2C3)cc1. The second-order valence-corrected chi connectivity index (χ2v) is 6.98. The van der Waals surface area contributed by atoms with E-state index in [9.17, 15) is 4.79 Å². The van der Waals surface area contributed by atoms with Gasteiger partial charge in [0.2, 0.25) is 5.91 Å². The zero-order valence-electron chi connectivity index (χ0n) is 13.1. The van der Waals surface area contributed by atoms with Crippen molar-refractivity contribution in [2.75, 3.05) is 19.0 Å². The predicted octanol–water partition coefficient (Wildman–Crippen LogP) is 3.20. The van der Waals surface area contributed by atoms with Crippen LogP contribution in [0, 0.1) is 17.8 Å². The van der Waals surface area contributed by atoms with Crippen LogP contribution in [0.4, 0.5) is 5.69 Å². The molecule has 1 amide bonds. The molecule has 0 aromatic heterocycles. The van der Waals surface area contributed by atoms with Crippen molar-refractivity contribution >= 4 is 11.6 Å². The molecule has 3 nitrogen and oxygen atoms in total. The number of anilines is 1. The lowest BCUT2D eigenvalue weighted by Gasteiger charge is -2.21. The van der Waals surface area contributed by atoms with Crippen LogP contribution in [0.15, 0.2) is 24.3 Å². The maximum Gasteiger partial charge on any atom is 0.220 e. The lowest BCUT2D eigenvalue weighted by atomic mass is 9.86. The molecule has 0 heterocycles. The molecule has 2 aliphatic carbocycles. The van der Waals surface area contributed by atoms with Gasteiger partial charge in [0.25, 0.3) is 0 Å². The van der Waals surface area contributed by atoms with E-state index in [0.29, 0.717) is 12.5 Å². The highest BCUT2D eigenvalue weighted by atomic mass is 16.1. The van der Waals surface area contributed by atoms with Crippen molar-refractivity contribution in [2.45, 2.75) is 38.6 Å². The van der Waals surface area contributed by atoms with Crippen molar-refractivity contribution in [3.05, 3.63) is 29.8 Å². The number of nitrogens with one attached hydrogen (secondary N) is 1.